The van der Waals surface area contributed by atoms with Crippen LogP contribution in [0.3, 0.4) is 0 Å². The number of nitrogens with one attached hydrogen (secondary N) is 1. The largest absolute Gasteiger partial charge is 0.463 e. The van der Waals surface area contributed by atoms with Crippen LogP contribution < -0.4 is 11.1 Å². The summed E-state index contributed by atoms with van der Waals surface area (Å²) in [5.74, 6) is -0.225. The molecule has 5 nitrogen and oxygen atoms in total. The standard InChI is InChI=1S/C20H32N2O3/c1-13(2)20(6,14(3)4)19(24)25-12-17(22-18(23)15(5)21)16-10-8-7-9-11-16/h7-11,13-15,17H,12,21H2,1-6H3,(H,22,23). The van der Waals surface area contributed by atoms with Crippen LogP contribution in [0.4, 0.5) is 0 Å². The second-order valence-corrected chi connectivity index (χ2v) is 7.45. The van der Waals surface area contributed by atoms with Crippen LogP contribution >= 0.6 is 0 Å². The zero-order valence-corrected chi connectivity index (χ0v) is 16.2. The van der Waals surface area contributed by atoms with E-state index in [4.69, 9.17) is 10.5 Å². The second kappa shape index (κ2) is 8.99. The van der Waals surface area contributed by atoms with E-state index in [0.29, 0.717) is 0 Å². The Kier molecular flexibility index (Phi) is 7.61. The molecule has 5 heteroatoms. The fourth-order valence-electron chi connectivity index (χ4n) is 2.66. The molecule has 0 aromatic heterocycles. The van der Waals surface area contributed by atoms with Crippen molar-refractivity contribution in [3.63, 3.8) is 0 Å². The summed E-state index contributed by atoms with van der Waals surface area (Å²) < 4.78 is 5.63. The molecule has 0 aliphatic heterocycles. The molecule has 2 atom stereocenters. The van der Waals surface area contributed by atoms with Crippen LogP contribution in [0.1, 0.15) is 53.1 Å². The number of ether oxygens (including phenoxy) is 1. The van der Waals surface area contributed by atoms with Crippen molar-refractivity contribution < 1.29 is 14.3 Å². The highest BCUT2D eigenvalue weighted by molar-refractivity contribution is 5.81. The van der Waals surface area contributed by atoms with E-state index in [1.165, 1.54) is 0 Å². The molecule has 0 bridgehead atoms. The predicted octanol–water partition coefficient (Wildman–Crippen LogP) is 3.05. The number of nitrogens with two attached hydrogens (primary N) is 1. The molecule has 1 aromatic rings. The van der Waals surface area contributed by atoms with Crippen LogP contribution in [-0.2, 0) is 14.3 Å². The van der Waals surface area contributed by atoms with Crippen LogP contribution in [0.2, 0.25) is 0 Å². The molecule has 0 saturated heterocycles. The van der Waals surface area contributed by atoms with Crippen LogP contribution in [0.25, 0.3) is 0 Å². The van der Waals surface area contributed by atoms with Crippen molar-refractivity contribution in [2.75, 3.05) is 6.61 Å². The van der Waals surface area contributed by atoms with Gasteiger partial charge in [-0.05, 0) is 31.2 Å². The van der Waals surface area contributed by atoms with Crippen molar-refractivity contribution in [3.05, 3.63) is 35.9 Å². The van der Waals surface area contributed by atoms with Gasteiger partial charge in [-0.15, -0.1) is 0 Å². The first-order valence-electron chi connectivity index (χ1n) is 8.88. The van der Waals surface area contributed by atoms with Gasteiger partial charge >= 0.3 is 5.97 Å². The van der Waals surface area contributed by atoms with Gasteiger partial charge in [-0.3, -0.25) is 9.59 Å². The van der Waals surface area contributed by atoms with Crippen LogP contribution in [0, 0.1) is 17.3 Å². The van der Waals surface area contributed by atoms with E-state index in [-0.39, 0.29) is 30.3 Å². The van der Waals surface area contributed by atoms with Crippen molar-refractivity contribution in [1.82, 2.24) is 5.32 Å². The van der Waals surface area contributed by atoms with E-state index in [2.05, 4.69) is 5.32 Å². The van der Waals surface area contributed by atoms with E-state index in [0.717, 1.165) is 5.56 Å². The molecule has 140 valence electrons. The van der Waals surface area contributed by atoms with E-state index < -0.39 is 17.5 Å². The van der Waals surface area contributed by atoms with Crippen molar-refractivity contribution in [2.24, 2.45) is 23.0 Å². The van der Waals surface area contributed by atoms with Gasteiger partial charge in [0.05, 0.1) is 17.5 Å². The van der Waals surface area contributed by atoms with Gasteiger partial charge in [0, 0.05) is 0 Å². The molecule has 1 rings (SSSR count). The number of carbonyl (C=O) groups is 2. The number of carbonyl (C=O) groups excluding carboxylic acids is 2. The highest BCUT2D eigenvalue weighted by Crippen LogP contribution is 2.36. The summed E-state index contributed by atoms with van der Waals surface area (Å²) in [7, 11) is 0. The van der Waals surface area contributed by atoms with Gasteiger partial charge in [0.15, 0.2) is 0 Å². The Morgan fingerprint density at radius 1 is 1.08 bits per heavy atom. The van der Waals surface area contributed by atoms with Gasteiger partial charge in [-0.25, -0.2) is 0 Å². The highest BCUT2D eigenvalue weighted by atomic mass is 16.5. The Morgan fingerprint density at radius 2 is 1.60 bits per heavy atom. The molecule has 25 heavy (non-hydrogen) atoms. The van der Waals surface area contributed by atoms with Crippen LogP contribution in [0.15, 0.2) is 30.3 Å². The number of amides is 1. The summed E-state index contributed by atoms with van der Waals surface area (Å²) >= 11 is 0. The first-order chi connectivity index (χ1) is 11.6. The summed E-state index contributed by atoms with van der Waals surface area (Å²) in [4.78, 5) is 24.8. The molecule has 1 amide bonds. The van der Waals surface area contributed by atoms with E-state index in [1.807, 2.05) is 65.0 Å². The molecule has 0 fully saturated rings. The van der Waals surface area contributed by atoms with Crippen molar-refractivity contribution >= 4 is 11.9 Å². The van der Waals surface area contributed by atoms with Crippen LogP contribution in [-0.4, -0.2) is 24.5 Å². The Morgan fingerprint density at radius 3 is 2.04 bits per heavy atom. The van der Waals surface area contributed by atoms with Crippen molar-refractivity contribution in [3.8, 4) is 0 Å². The van der Waals surface area contributed by atoms with Gasteiger partial charge in [-0.1, -0.05) is 58.0 Å². The lowest BCUT2D eigenvalue weighted by molar-refractivity contribution is -0.162. The normalized spacial score (nSPS) is 14.3. The molecule has 0 aliphatic rings. The molecule has 2 unspecified atom stereocenters. The van der Waals surface area contributed by atoms with Crippen molar-refractivity contribution in [1.29, 1.82) is 0 Å². The molecule has 1 aromatic carbocycles. The number of rotatable bonds is 8. The fourth-order valence-corrected chi connectivity index (χ4v) is 2.66. The maximum Gasteiger partial charge on any atom is 0.312 e. The lowest BCUT2D eigenvalue weighted by Crippen LogP contribution is -2.44. The third-order valence-electron chi connectivity index (χ3n) is 5.15. The van der Waals surface area contributed by atoms with Crippen molar-refractivity contribution in [2.45, 2.75) is 53.6 Å². The van der Waals surface area contributed by atoms with E-state index in [1.54, 1.807) is 6.92 Å². The van der Waals surface area contributed by atoms with E-state index in [9.17, 15) is 9.59 Å². The first kappa shape index (κ1) is 21.2. The van der Waals surface area contributed by atoms with Gasteiger partial charge in [0.2, 0.25) is 5.91 Å². The average molecular weight is 348 g/mol. The topological polar surface area (TPSA) is 81.4 Å². The number of hydrogen-bond acceptors (Lipinski definition) is 4. The van der Waals surface area contributed by atoms with Gasteiger partial charge in [-0.2, -0.15) is 0 Å². The Balaban J connectivity index is 2.92. The maximum absolute atomic E-state index is 12.7. The molecule has 3 N–H and O–H groups in total. The first-order valence-corrected chi connectivity index (χ1v) is 8.88. The molecular weight excluding hydrogens is 316 g/mol. The van der Waals surface area contributed by atoms with E-state index >= 15 is 0 Å². The van der Waals surface area contributed by atoms with Gasteiger partial charge < -0.3 is 15.8 Å². The monoisotopic (exact) mass is 348 g/mol. The highest BCUT2D eigenvalue weighted by Gasteiger charge is 2.41. The number of hydrogen-bond donors (Lipinski definition) is 2. The fraction of sp³-hybridized carbons (Fsp3) is 0.600. The summed E-state index contributed by atoms with van der Waals surface area (Å²) in [6.45, 7) is 11.7. The number of benzene rings is 1. The molecule has 0 spiro atoms. The maximum atomic E-state index is 12.7. The molecule has 0 heterocycles. The Labute approximate surface area is 151 Å². The summed E-state index contributed by atoms with van der Waals surface area (Å²) in [5, 5.41) is 2.86. The molecular formula is C20H32N2O3. The molecule has 0 aliphatic carbocycles. The Bertz CT molecular complexity index is 560. The third kappa shape index (κ3) is 5.30. The second-order valence-electron chi connectivity index (χ2n) is 7.45. The summed E-state index contributed by atoms with van der Waals surface area (Å²) in [5.41, 5.74) is 5.95. The average Bonchev–Trinajstić information content (AvgIpc) is 2.57. The zero-order chi connectivity index (χ0) is 19.2. The summed E-state index contributed by atoms with van der Waals surface area (Å²) in [6.07, 6.45) is 0. The summed E-state index contributed by atoms with van der Waals surface area (Å²) in [6, 6.07) is 8.40. The van der Waals surface area contributed by atoms with Crippen LogP contribution in [0.5, 0.6) is 0 Å². The smallest absolute Gasteiger partial charge is 0.312 e. The minimum absolute atomic E-state index is 0.0797. The molecule has 0 saturated carbocycles. The third-order valence-corrected chi connectivity index (χ3v) is 5.15. The molecule has 0 radical (unpaired) electrons. The minimum Gasteiger partial charge on any atom is -0.463 e. The Hall–Kier alpha value is -1.88. The lowest BCUT2D eigenvalue weighted by Gasteiger charge is -2.35. The zero-order valence-electron chi connectivity index (χ0n) is 16.2. The predicted molar refractivity (Wildman–Crippen MR) is 99.7 cm³/mol. The SMILES string of the molecule is CC(N)C(=O)NC(COC(=O)C(C)(C(C)C)C(C)C)c1ccccc1. The van der Waals surface area contributed by atoms with Gasteiger partial charge in [0.25, 0.3) is 0 Å². The quantitative estimate of drug-likeness (QED) is 0.708. The lowest BCUT2D eigenvalue weighted by atomic mass is 9.70. The van der Waals surface area contributed by atoms with Gasteiger partial charge in [0.1, 0.15) is 6.61 Å². The minimum atomic E-state index is -0.626. The number of esters is 1.